The van der Waals surface area contributed by atoms with Gasteiger partial charge in [-0.2, -0.15) is 0 Å². The molecule has 0 radical (unpaired) electrons. The van der Waals surface area contributed by atoms with E-state index in [1.54, 1.807) is 12.1 Å². The fraction of sp³-hybridized carbons (Fsp3) is 0.0909. The van der Waals surface area contributed by atoms with Gasteiger partial charge in [0.15, 0.2) is 0 Å². The van der Waals surface area contributed by atoms with E-state index >= 15 is 0 Å². The maximum atomic E-state index is 11.9. The number of anilines is 4. The fourth-order valence-electron chi connectivity index (χ4n) is 2.97. The van der Waals surface area contributed by atoms with Crippen LogP contribution in [0, 0.1) is 13.8 Å². The molecular formula is C22H22N4O2. The largest absolute Gasteiger partial charge is 0.366 e. The molecule has 2 amide bonds. The molecule has 0 saturated heterocycles. The first-order valence-corrected chi connectivity index (χ1v) is 8.78. The zero-order valence-electron chi connectivity index (χ0n) is 15.7. The third kappa shape index (κ3) is 4.29. The molecule has 0 heterocycles. The van der Waals surface area contributed by atoms with E-state index in [4.69, 9.17) is 11.5 Å². The second kappa shape index (κ2) is 7.84. The number of rotatable bonds is 6. The second-order valence-electron chi connectivity index (χ2n) is 6.66. The van der Waals surface area contributed by atoms with E-state index in [0.29, 0.717) is 11.4 Å². The van der Waals surface area contributed by atoms with Crippen molar-refractivity contribution in [3.8, 4) is 0 Å². The van der Waals surface area contributed by atoms with Gasteiger partial charge in [-0.1, -0.05) is 24.3 Å². The van der Waals surface area contributed by atoms with Crippen LogP contribution < -0.4 is 22.1 Å². The van der Waals surface area contributed by atoms with Gasteiger partial charge >= 0.3 is 0 Å². The van der Waals surface area contributed by atoms with E-state index in [0.717, 1.165) is 22.5 Å². The van der Waals surface area contributed by atoms with Crippen LogP contribution in [-0.2, 0) is 0 Å². The smallest absolute Gasteiger partial charge is 0.249 e. The molecule has 0 aromatic heterocycles. The molecule has 3 rings (SSSR count). The van der Waals surface area contributed by atoms with Crippen LogP contribution in [0.15, 0.2) is 60.7 Å². The van der Waals surface area contributed by atoms with Crippen LogP contribution in [0.3, 0.4) is 0 Å². The van der Waals surface area contributed by atoms with E-state index in [-0.39, 0.29) is 11.1 Å². The molecule has 6 N–H and O–H groups in total. The molecule has 0 spiro atoms. The van der Waals surface area contributed by atoms with Crippen molar-refractivity contribution in [1.29, 1.82) is 0 Å². The van der Waals surface area contributed by atoms with Crippen molar-refractivity contribution in [3.63, 3.8) is 0 Å². The Bertz CT molecular complexity index is 976. The highest BCUT2D eigenvalue weighted by molar-refractivity contribution is 6.08. The normalized spacial score (nSPS) is 10.4. The number of primary amides is 2. The molecule has 0 unspecified atom stereocenters. The molecule has 3 aromatic carbocycles. The first-order valence-electron chi connectivity index (χ1n) is 8.78. The van der Waals surface area contributed by atoms with Gasteiger partial charge in [0.1, 0.15) is 0 Å². The maximum absolute atomic E-state index is 11.9. The Morgan fingerprint density at radius 2 is 1.07 bits per heavy atom. The van der Waals surface area contributed by atoms with Crippen molar-refractivity contribution in [3.05, 3.63) is 82.9 Å². The number of carbonyl (C=O) groups is 2. The lowest BCUT2D eigenvalue weighted by Gasteiger charge is -2.17. The summed E-state index contributed by atoms with van der Waals surface area (Å²) in [5, 5.41) is 6.57. The fourth-order valence-corrected chi connectivity index (χ4v) is 2.97. The molecule has 0 bridgehead atoms. The molecule has 3 aromatic rings. The molecule has 0 aliphatic rings. The van der Waals surface area contributed by atoms with Crippen molar-refractivity contribution in [2.75, 3.05) is 10.6 Å². The number of amides is 2. The van der Waals surface area contributed by atoms with Crippen molar-refractivity contribution in [2.45, 2.75) is 13.8 Å². The number of carbonyl (C=O) groups excluding carboxylic acids is 2. The average molecular weight is 374 g/mol. The third-order valence-electron chi connectivity index (χ3n) is 4.28. The molecule has 0 aliphatic carbocycles. The summed E-state index contributed by atoms with van der Waals surface area (Å²) >= 11 is 0. The zero-order valence-corrected chi connectivity index (χ0v) is 15.7. The minimum atomic E-state index is -0.719. The molecular weight excluding hydrogens is 352 g/mol. The lowest BCUT2D eigenvalue weighted by Crippen LogP contribution is -2.21. The molecule has 0 aliphatic heterocycles. The van der Waals surface area contributed by atoms with Crippen LogP contribution in [-0.4, -0.2) is 11.8 Å². The highest BCUT2D eigenvalue weighted by Crippen LogP contribution is 2.32. The molecule has 142 valence electrons. The Morgan fingerprint density at radius 3 is 1.39 bits per heavy atom. The number of nitrogens with one attached hydrogen (secondary N) is 2. The van der Waals surface area contributed by atoms with Gasteiger partial charge < -0.3 is 22.1 Å². The number of nitrogens with two attached hydrogens (primary N) is 2. The van der Waals surface area contributed by atoms with Gasteiger partial charge in [-0.3, -0.25) is 9.59 Å². The molecule has 6 heteroatoms. The Balaban J connectivity index is 2.11. The first-order chi connectivity index (χ1) is 13.3. The van der Waals surface area contributed by atoms with Crippen LogP contribution >= 0.6 is 0 Å². The predicted molar refractivity (Wildman–Crippen MR) is 112 cm³/mol. The average Bonchev–Trinajstić information content (AvgIpc) is 2.62. The number of aryl methyl sites for hydroxylation is 2. The molecule has 0 saturated carbocycles. The summed E-state index contributed by atoms with van der Waals surface area (Å²) in [6.07, 6.45) is 0. The molecule has 0 fully saturated rings. The topological polar surface area (TPSA) is 110 Å². The van der Waals surface area contributed by atoms with Crippen molar-refractivity contribution < 1.29 is 9.59 Å². The van der Waals surface area contributed by atoms with Crippen molar-refractivity contribution in [1.82, 2.24) is 0 Å². The van der Waals surface area contributed by atoms with Crippen LogP contribution in [0.1, 0.15) is 31.8 Å². The number of hydrogen-bond acceptors (Lipinski definition) is 4. The van der Waals surface area contributed by atoms with E-state index in [1.165, 1.54) is 0 Å². The van der Waals surface area contributed by atoms with Gasteiger partial charge in [0, 0.05) is 11.4 Å². The Morgan fingerprint density at radius 1 is 0.679 bits per heavy atom. The SMILES string of the molecule is Cc1cccc(Nc2cc(C(N)=O)c(C(N)=O)cc2Nc2cccc(C)c2)c1. The standard InChI is InChI=1S/C22H22N4O2/c1-13-5-3-7-15(9-13)25-19-11-17(21(23)27)18(22(24)28)12-20(19)26-16-8-4-6-14(2)10-16/h3-12,25-26H,1-2H3,(H2,23,27)(H2,24,28). The van der Waals surface area contributed by atoms with Gasteiger partial charge in [-0.05, 0) is 61.4 Å². The summed E-state index contributed by atoms with van der Waals surface area (Å²) in [5.74, 6) is -1.44. The van der Waals surface area contributed by atoms with Gasteiger partial charge in [-0.15, -0.1) is 0 Å². The zero-order chi connectivity index (χ0) is 20.3. The number of hydrogen-bond donors (Lipinski definition) is 4. The van der Waals surface area contributed by atoms with Crippen LogP contribution in [0.25, 0.3) is 0 Å². The highest BCUT2D eigenvalue weighted by atomic mass is 16.2. The van der Waals surface area contributed by atoms with E-state index in [1.807, 2.05) is 62.4 Å². The summed E-state index contributed by atoms with van der Waals surface area (Å²) in [7, 11) is 0. The van der Waals surface area contributed by atoms with Crippen LogP contribution in [0.2, 0.25) is 0 Å². The Kier molecular flexibility index (Phi) is 5.31. The molecule has 0 atom stereocenters. The van der Waals surface area contributed by atoms with Crippen molar-refractivity contribution in [2.24, 2.45) is 11.5 Å². The quantitative estimate of drug-likeness (QED) is 0.523. The Hall–Kier alpha value is -3.80. The monoisotopic (exact) mass is 374 g/mol. The lowest BCUT2D eigenvalue weighted by atomic mass is 10.0. The van der Waals surface area contributed by atoms with Gasteiger partial charge in [-0.25, -0.2) is 0 Å². The second-order valence-corrected chi connectivity index (χ2v) is 6.66. The molecule has 6 nitrogen and oxygen atoms in total. The summed E-state index contributed by atoms with van der Waals surface area (Å²) in [4.78, 5) is 23.7. The van der Waals surface area contributed by atoms with E-state index in [9.17, 15) is 9.59 Å². The summed E-state index contributed by atoms with van der Waals surface area (Å²) in [6, 6.07) is 18.7. The van der Waals surface area contributed by atoms with Gasteiger partial charge in [0.2, 0.25) is 11.8 Å². The first kappa shape index (κ1) is 19.0. The number of benzene rings is 3. The minimum absolute atomic E-state index is 0.0671. The maximum Gasteiger partial charge on any atom is 0.249 e. The summed E-state index contributed by atoms with van der Waals surface area (Å²) in [5.41, 5.74) is 16.1. The Labute approximate surface area is 163 Å². The van der Waals surface area contributed by atoms with Gasteiger partial charge in [0.25, 0.3) is 0 Å². The van der Waals surface area contributed by atoms with Crippen LogP contribution in [0.5, 0.6) is 0 Å². The third-order valence-corrected chi connectivity index (χ3v) is 4.28. The van der Waals surface area contributed by atoms with Crippen molar-refractivity contribution >= 4 is 34.6 Å². The highest BCUT2D eigenvalue weighted by Gasteiger charge is 2.18. The van der Waals surface area contributed by atoms with Crippen LogP contribution in [0.4, 0.5) is 22.7 Å². The minimum Gasteiger partial charge on any atom is -0.366 e. The predicted octanol–water partition coefficient (Wildman–Crippen LogP) is 3.99. The summed E-state index contributed by atoms with van der Waals surface area (Å²) < 4.78 is 0. The van der Waals surface area contributed by atoms with E-state index in [2.05, 4.69) is 10.6 Å². The summed E-state index contributed by atoms with van der Waals surface area (Å²) in [6.45, 7) is 3.98. The van der Waals surface area contributed by atoms with Gasteiger partial charge in [0.05, 0.1) is 22.5 Å². The van der Waals surface area contributed by atoms with E-state index < -0.39 is 11.8 Å². The lowest BCUT2D eigenvalue weighted by molar-refractivity contribution is 0.0967. The molecule has 28 heavy (non-hydrogen) atoms.